The van der Waals surface area contributed by atoms with E-state index in [2.05, 4.69) is 56.7 Å². The number of hydrogen-bond acceptors (Lipinski definition) is 4. The minimum atomic E-state index is -0.647. The topological polar surface area (TPSA) is 46.3 Å². The Morgan fingerprint density at radius 3 is 2.20 bits per heavy atom. The van der Waals surface area contributed by atoms with Crippen LogP contribution in [-0.4, -0.2) is 57.1 Å². The standard InChI is InChI=1S/C32H31Cl2N5O/c1-36-13-15-39(16-14-36)32(30-20-35-21-37(30)2,23-7-10-25(33)11-8-23)24-9-12-29-28(18-24)27(19-31(40)38(29)3)22-5-4-6-26(34)17-22/h4-12,17-21H,13-16H2,1-3H3. The molecule has 1 unspecified atom stereocenters. The fourth-order valence-electron chi connectivity index (χ4n) is 6.11. The van der Waals surface area contributed by atoms with Crippen LogP contribution in [0.25, 0.3) is 22.0 Å². The molecule has 3 heterocycles. The second kappa shape index (κ2) is 10.5. The number of rotatable bonds is 5. The Hall–Kier alpha value is -3.42. The van der Waals surface area contributed by atoms with E-state index in [1.165, 1.54) is 0 Å². The largest absolute Gasteiger partial charge is 0.335 e. The molecule has 1 aliphatic rings. The van der Waals surface area contributed by atoms with Crippen LogP contribution in [0.3, 0.4) is 0 Å². The summed E-state index contributed by atoms with van der Waals surface area (Å²) < 4.78 is 3.81. The quantitative estimate of drug-likeness (QED) is 0.268. The highest BCUT2D eigenvalue weighted by molar-refractivity contribution is 6.31. The van der Waals surface area contributed by atoms with Crippen LogP contribution < -0.4 is 5.56 Å². The molecule has 0 saturated carbocycles. The fraction of sp³-hybridized carbons (Fsp3) is 0.250. The zero-order valence-electron chi connectivity index (χ0n) is 22.8. The van der Waals surface area contributed by atoms with Gasteiger partial charge in [0.05, 0.1) is 23.7 Å². The Balaban J connectivity index is 1.71. The van der Waals surface area contributed by atoms with E-state index in [0.717, 1.165) is 65.0 Å². The lowest BCUT2D eigenvalue weighted by Gasteiger charge is -2.48. The summed E-state index contributed by atoms with van der Waals surface area (Å²) in [5.41, 5.74) is 5.18. The van der Waals surface area contributed by atoms with Crippen LogP contribution in [0, 0.1) is 0 Å². The molecule has 0 radical (unpaired) electrons. The molecule has 5 aromatic rings. The van der Waals surface area contributed by atoms with Gasteiger partial charge in [0.25, 0.3) is 5.56 Å². The second-order valence-corrected chi connectivity index (χ2v) is 11.5. The molecule has 40 heavy (non-hydrogen) atoms. The summed E-state index contributed by atoms with van der Waals surface area (Å²) in [4.78, 5) is 22.5. The summed E-state index contributed by atoms with van der Waals surface area (Å²) in [5.74, 6) is 0. The van der Waals surface area contributed by atoms with Crippen LogP contribution in [0.4, 0.5) is 0 Å². The van der Waals surface area contributed by atoms with Gasteiger partial charge in [0.1, 0.15) is 5.54 Å². The average molecular weight is 573 g/mol. The van der Waals surface area contributed by atoms with Gasteiger partial charge in [0.15, 0.2) is 0 Å². The van der Waals surface area contributed by atoms with Gasteiger partial charge in [-0.25, -0.2) is 4.98 Å². The lowest BCUT2D eigenvalue weighted by atomic mass is 9.77. The molecule has 1 fully saturated rings. The number of benzene rings is 3. The van der Waals surface area contributed by atoms with Gasteiger partial charge < -0.3 is 14.0 Å². The zero-order valence-corrected chi connectivity index (χ0v) is 24.3. The smallest absolute Gasteiger partial charge is 0.251 e. The first kappa shape index (κ1) is 26.8. The van der Waals surface area contributed by atoms with Crippen molar-refractivity contribution in [3.63, 3.8) is 0 Å². The van der Waals surface area contributed by atoms with Gasteiger partial charge in [-0.3, -0.25) is 9.69 Å². The van der Waals surface area contributed by atoms with Gasteiger partial charge >= 0.3 is 0 Å². The molecule has 6 nitrogen and oxygen atoms in total. The van der Waals surface area contributed by atoms with Crippen molar-refractivity contribution >= 4 is 34.1 Å². The molecule has 2 aromatic heterocycles. The first-order valence-corrected chi connectivity index (χ1v) is 14.1. The molecule has 0 N–H and O–H groups in total. The van der Waals surface area contributed by atoms with E-state index in [1.54, 1.807) is 10.6 Å². The van der Waals surface area contributed by atoms with Gasteiger partial charge in [-0.15, -0.1) is 0 Å². The maximum absolute atomic E-state index is 13.0. The molecule has 6 rings (SSSR count). The van der Waals surface area contributed by atoms with Crippen LogP contribution in [-0.2, 0) is 19.6 Å². The van der Waals surface area contributed by atoms with Crippen LogP contribution in [0.5, 0.6) is 0 Å². The minimum absolute atomic E-state index is 0.0649. The van der Waals surface area contributed by atoms with Gasteiger partial charge in [0, 0.05) is 61.8 Å². The van der Waals surface area contributed by atoms with E-state index in [4.69, 9.17) is 23.2 Å². The first-order valence-electron chi connectivity index (χ1n) is 13.4. The van der Waals surface area contributed by atoms with E-state index < -0.39 is 5.54 Å². The maximum Gasteiger partial charge on any atom is 0.251 e. The number of imidazole rings is 1. The van der Waals surface area contributed by atoms with Gasteiger partial charge in [0.2, 0.25) is 0 Å². The Labute approximate surface area is 244 Å². The van der Waals surface area contributed by atoms with Gasteiger partial charge in [-0.1, -0.05) is 53.5 Å². The number of likely N-dealkylation sites (N-methyl/N-ethyl adjacent to an activating group) is 1. The summed E-state index contributed by atoms with van der Waals surface area (Å²) in [5, 5.41) is 2.31. The van der Waals surface area contributed by atoms with Crippen molar-refractivity contribution in [2.24, 2.45) is 14.1 Å². The minimum Gasteiger partial charge on any atom is -0.335 e. The molecule has 1 aliphatic heterocycles. The molecule has 1 atom stereocenters. The zero-order chi connectivity index (χ0) is 28.0. The summed E-state index contributed by atoms with van der Waals surface area (Å²) in [7, 11) is 6.03. The number of aromatic nitrogens is 3. The predicted octanol–water partition coefficient (Wildman–Crippen LogP) is 5.79. The van der Waals surface area contributed by atoms with E-state index >= 15 is 0 Å². The number of piperazine rings is 1. The average Bonchev–Trinajstić information content (AvgIpc) is 3.39. The van der Waals surface area contributed by atoms with Gasteiger partial charge in [-0.05, 0) is 65.7 Å². The fourth-order valence-corrected chi connectivity index (χ4v) is 6.43. The molecule has 204 valence electrons. The van der Waals surface area contributed by atoms with Crippen molar-refractivity contribution in [3.8, 4) is 11.1 Å². The predicted molar refractivity (Wildman–Crippen MR) is 163 cm³/mol. The lowest BCUT2D eigenvalue weighted by Crippen LogP contribution is -2.56. The molecule has 0 bridgehead atoms. The number of pyridine rings is 1. The molecule has 0 aliphatic carbocycles. The third-order valence-electron chi connectivity index (χ3n) is 8.23. The normalized spacial score (nSPS) is 16.3. The number of halogens is 2. The molecular formula is C32H31Cl2N5O. The van der Waals surface area contributed by atoms with Crippen LogP contribution in [0.1, 0.15) is 16.8 Å². The highest BCUT2D eigenvalue weighted by atomic mass is 35.5. The Morgan fingerprint density at radius 1 is 0.800 bits per heavy atom. The Morgan fingerprint density at radius 2 is 1.52 bits per heavy atom. The molecule has 0 amide bonds. The first-order chi connectivity index (χ1) is 19.3. The second-order valence-electron chi connectivity index (χ2n) is 10.6. The van der Waals surface area contributed by atoms with Crippen molar-refractivity contribution in [1.82, 2.24) is 23.9 Å². The highest BCUT2D eigenvalue weighted by Gasteiger charge is 2.45. The van der Waals surface area contributed by atoms with Crippen molar-refractivity contribution in [1.29, 1.82) is 0 Å². The number of hydrogen-bond donors (Lipinski definition) is 0. The molecular weight excluding hydrogens is 541 g/mol. The monoisotopic (exact) mass is 571 g/mol. The highest BCUT2D eigenvalue weighted by Crippen LogP contribution is 2.44. The van der Waals surface area contributed by atoms with E-state index in [1.807, 2.05) is 63.0 Å². The lowest BCUT2D eigenvalue weighted by molar-refractivity contribution is 0.0818. The number of fused-ring (bicyclic) bond motifs is 1. The molecule has 0 spiro atoms. The Kier molecular flexibility index (Phi) is 7.05. The molecule has 3 aromatic carbocycles. The van der Waals surface area contributed by atoms with E-state index in [-0.39, 0.29) is 5.56 Å². The van der Waals surface area contributed by atoms with E-state index in [9.17, 15) is 4.79 Å². The molecule has 1 saturated heterocycles. The summed E-state index contributed by atoms with van der Waals surface area (Å²) in [6.07, 6.45) is 3.83. The third kappa shape index (κ3) is 4.45. The van der Waals surface area contributed by atoms with Crippen LogP contribution >= 0.6 is 23.2 Å². The summed E-state index contributed by atoms with van der Waals surface area (Å²) in [6, 6.07) is 24.0. The number of nitrogens with zero attached hydrogens (tertiary/aromatic N) is 5. The van der Waals surface area contributed by atoms with E-state index in [0.29, 0.717) is 10.0 Å². The SMILES string of the molecule is CN1CCN(C(c2ccc(Cl)cc2)(c2ccc3c(c2)c(-c2cccc(Cl)c2)cc(=O)n3C)c2cncn2C)CC1. The van der Waals surface area contributed by atoms with Crippen molar-refractivity contribution < 1.29 is 0 Å². The number of aryl methyl sites for hydroxylation is 2. The van der Waals surface area contributed by atoms with Crippen LogP contribution in [0.2, 0.25) is 10.0 Å². The Bertz CT molecular complexity index is 1750. The summed E-state index contributed by atoms with van der Waals surface area (Å²) in [6.45, 7) is 3.64. The van der Waals surface area contributed by atoms with Crippen molar-refractivity contribution in [2.75, 3.05) is 33.2 Å². The summed E-state index contributed by atoms with van der Waals surface area (Å²) >= 11 is 12.8. The maximum atomic E-state index is 13.0. The molecule has 8 heteroatoms. The third-order valence-corrected chi connectivity index (χ3v) is 8.71. The van der Waals surface area contributed by atoms with Gasteiger partial charge in [-0.2, -0.15) is 0 Å². The van der Waals surface area contributed by atoms with Crippen molar-refractivity contribution in [2.45, 2.75) is 5.54 Å². The van der Waals surface area contributed by atoms with Crippen LogP contribution in [0.15, 0.2) is 90.1 Å². The van der Waals surface area contributed by atoms with Crippen molar-refractivity contribution in [3.05, 3.63) is 123 Å².